The van der Waals surface area contributed by atoms with Gasteiger partial charge < -0.3 is 9.47 Å². The van der Waals surface area contributed by atoms with E-state index in [-0.39, 0.29) is 11.9 Å². The van der Waals surface area contributed by atoms with Crippen LogP contribution in [0.1, 0.15) is 47.0 Å². The zero-order valence-corrected chi connectivity index (χ0v) is 9.30. The molecule has 2 unspecified atom stereocenters. The van der Waals surface area contributed by atoms with Gasteiger partial charge in [-0.3, -0.25) is 0 Å². The van der Waals surface area contributed by atoms with Crippen molar-refractivity contribution in [2.45, 2.75) is 58.8 Å². The average molecular weight is 186 g/mol. The van der Waals surface area contributed by atoms with Gasteiger partial charge >= 0.3 is 0 Å². The number of unbranched alkanes of at least 4 members (excludes halogenated alkanes) is 1. The molecule has 0 saturated carbocycles. The van der Waals surface area contributed by atoms with Gasteiger partial charge in [-0.25, -0.2) is 0 Å². The highest BCUT2D eigenvalue weighted by Crippen LogP contribution is 2.35. The highest BCUT2D eigenvalue weighted by Gasteiger charge is 2.38. The number of hydrogen-bond donors (Lipinski definition) is 0. The third kappa shape index (κ3) is 2.96. The first kappa shape index (κ1) is 11.0. The molecule has 1 aliphatic heterocycles. The van der Waals surface area contributed by atoms with Crippen molar-refractivity contribution in [3.63, 3.8) is 0 Å². The second kappa shape index (κ2) is 4.43. The summed E-state index contributed by atoms with van der Waals surface area (Å²) in [6, 6.07) is 0. The van der Waals surface area contributed by atoms with Crippen LogP contribution >= 0.6 is 0 Å². The number of rotatable bonds is 4. The van der Waals surface area contributed by atoms with E-state index in [2.05, 4.69) is 27.7 Å². The molecule has 0 aliphatic carbocycles. The molecule has 0 aromatic heterocycles. The van der Waals surface area contributed by atoms with Crippen LogP contribution in [0.3, 0.4) is 0 Å². The quantitative estimate of drug-likeness (QED) is 0.628. The minimum absolute atomic E-state index is 0.00309. The smallest absolute Gasteiger partial charge is 0.158 e. The standard InChI is InChI=1S/C11H22O2/c1-5-6-7-12-10-8-9(2)11(3,4)13-10/h9-10H,5-8H2,1-4H3. The highest BCUT2D eigenvalue weighted by atomic mass is 16.7. The van der Waals surface area contributed by atoms with Crippen LogP contribution < -0.4 is 0 Å². The Morgan fingerprint density at radius 1 is 1.46 bits per heavy atom. The Balaban J connectivity index is 2.24. The van der Waals surface area contributed by atoms with E-state index in [4.69, 9.17) is 9.47 Å². The van der Waals surface area contributed by atoms with E-state index in [0.29, 0.717) is 5.92 Å². The molecular weight excluding hydrogens is 164 g/mol. The largest absolute Gasteiger partial charge is 0.353 e. The van der Waals surface area contributed by atoms with Crippen LogP contribution in [0.5, 0.6) is 0 Å². The van der Waals surface area contributed by atoms with Crippen molar-refractivity contribution in [1.29, 1.82) is 0 Å². The normalized spacial score (nSPS) is 32.3. The molecule has 0 amide bonds. The molecule has 0 spiro atoms. The third-order valence-electron chi connectivity index (χ3n) is 2.97. The van der Waals surface area contributed by atoms with Crippen LogP contribution in [0, 0.1) is 5.92 Å². The monoisotopic (exact) mass is 186 g/mol. The molecule has 1 saturated heterocycles. The lowest BCUT2D eigenvalue weighted by Crippen LogP contribution is -2.26. The highest BCUT2D eigenvalue weighted by molar-refractivity contribution is 4.83. The molecule has 1 fully saturated rings. The molecule has 0 bridgehead atoms. The molecule has 1 aliphatic rings. The summed E-state index contributed by atoms with van der Waals surface area (Å²) >= 11 is 0. The molecule has 1 heterocycles. The van der Waals surface area contributed by atoms with Crippen LogP contribution in [-0.4, -0.2) is 18.5 Å². The van der Waals surface area contributed by atoms with E-state index in [0.717, 1.165) is 19.4 Å². The van der Waals surface area contributed by atoms with Gasteiger partial charge in [-0.05, 0) is 26.2 Å². The summed E-state index contributed by atoms with van der Waals surface area (Å²) in [4.78, 5) is 0. The van der Waals surface area contributed by atoms with Gasteiger partial charge in [0.05, 0.1) is 5.60 Å². The van der Waals surface area contributed by atoms with Crippen molar-refractivity contribution < 1.29 is 9.47 Å². The van der Waals surface area contributed by atoms with E-state index in [1.54, 1.807) is 0 Å². The van der Waals surface area contributed by atoms with Crippen molar-refractivity contribution in [3.05, 3.63) is 0 Å². The lowest BCUT2D eigenvalue weighted by molar-refractivity contribution is -0.160. The Bertz CT molecular complexity index is 154. The molecule has 2 nitrogen and oxygen atoms in total. The fourth-order valence-corrected chi connectivity index (χ4v) is 1.54. The van der Waals surface area contributed by atoms with E-state index < -0.39 is 0 Å². The molecule has 0 radical (unpaired) electrons. The van der Waals surface area contributed by atoms with Crippen LogP contribution in [0.25, 0.3) is 0 Å². The van der Waals surface area contributed by atoms with Crippen LogP contribution in [0.15, 0.2) is 0 Å². The third-order valence-corrected chi connectivity index (χ3v) is 2.97. The van der Waals surface area contributed by atoms with Crippen LogP contribution in [0.2, 0.25) is 0 Å². The molecule has 0 N–H and O–H groups in total. The molecule has 2 heteroatoms. The van der Waals surface area contributed by atoms with Gasteiger partial charge in [-0.2, -0.15) is 0 Å². The summed E-state index contributed by atoms with van der Waals surface area (Å²) in [7, 11) is 0. The predicted molar refractivity (Wildman–Crippen MR) is 53.6 cm³/mol. The molecule has 78 valence electrons. The van der Waals surface area contributed by atoms with Gasteiger partial charge in [0, 0.05) is 13.0 Å². The topological polar surface area (TPSA) is 18.5 Å². The summed E-state index contributed by atoms with van der Waals surface area (Å²) in [6.07, 6.45) is 3.40. The van der Waals surface area contributed by atoms with E-state index in [9.17, 15) is 0 Å². The van der Waals surface area contributed by atoms with Gasteiger partial charge in [0.2, 0.25) is 0 Å². The summed E-state index contributed by atoms with van der Waals surface area (Å²) in [6.45, 7) is 9.51. The van der Waals surface area contributed by atoms with Crippen molar-refractivity contribution in [2.24, 2.45) is 5.92 Å². The van der Waals surface area contributed by atoms with Gasteiger partial charge in [0.25, 0.3) is 0 Å². The molecule has 1 rings (SSSR count). The van der Waals surface area contributed by atoms with Crippen molar-refractivity contribution in [1.82, 2.24) is 0 Å². The maximum Gasteiger partial charge on any atom is 0.158 e. The molecular formula is C11H22O2. The number of hydrogen-bond acceptors (Lipinski definition) is 2. The predicted octanol–water partition coefficient (Wildman–Crippen LogP) is 2.96. The first-order valence-corrected chi connectivity index (χ1v) is 5.35. The van der Waals surface area contributed by atoms with Crippen molar-refractivity contribution >= 4 is 0 Å². The average Bonchev–Trinajstić information content (AvgIpc) is 2.27. The summed E-state index contributed by atoms with van der Waals surface area (Å²) < 4.78 is 11.4. The van der Waals surface area contributed by atoms with Crippen molar-refractivity contribution in [3.8, 4) is 0 Å². The molecule has 0 aromatic carbocycles. The Labute approximate surface area is 81.6 Å². The van der Waals surface area contributed by atoms with Gasteiger partial charge in [-0.15, -0.1) is 0 Å². The van der Waals surface area contributed by atoms with Gasteiger partial charge in [-0.1, -0.05) is 20.3 Å². The zero-order valence-electron chi connectivity index (χ0n) is 9.30. The van der Waals surface area contributed by atoms with Crippen molar-refractivity contribution in [2.75, 3.05) is 6.61 Å². The first-order chi connectivity index (χ1) is 6.06. The SMILES string of the molecule is CCCCOC1CC(C)C(C)(C)O1. The Morgan fingerprint density at radius 3 is 2.62 bits per heavy atom. The van der Waals surface area contributed by atoms with Gasteiger partial charge in [0.1, 0.15) is 0 Å². The fourth-order valence-electron chi connectivity index (χ4n) is 1.54. The lowest BCUT2D eigenvalue weighted by Gasteiger charge is -2.22. The lowest BCUT2D eigenvalue weighted by atomic mass is 9.93. The fraction of sp³-hybridized carbons (Fsp3) is 1.00. The van der Waals surface area contributed by atoms with Crippen LogP contribution in [-0.2, 0) is 9.47 Å². The Morgan fingerprint density at radius 2 is 2.15 bits per heavy atom. The molecule has 2 atom stereocenters. The summed E-state index contributed by atoms with van der Waals surface area (Å²) in [5, 5.41) is 0. The van der Waals surface area contributed by atoms with E-state index >= 15 is 0 Å². The second-order valence-electron chi connectivity index (χ2n) is 4.51. The summed E-state index contributed by atoms with van der Waals surface area (Å²) in [5.74, 6) is 0.596. The maximum atomic E-state index is 5.79. The minimum atomic E-state index is -0.00309. The van der Waals surface area contributed by atoms with Crippen LogP contribution in [0.4, 0.5) is 0 Å². The summed E-state index contributed by atoms with van der Waals surface area (Å²) in [5.41, 5.74) is -0.00309. The van der Waals surface area contributed by atoms with E-state index in [1.807, 2.05) is 0 Å². The Hall–Kier alpha value is -0.0800. The van der Waals surface area contributed by atoms with E-state index in [1.165, 1.54) is 6.42 Å². The Kier molecular flexibility index (Phi) is 3.74. The zero-order chi connectivity index (χ0) is 9.90. The molecule has 0 aromatic rings. The first-order valence-electron chi connectivity index (χ1n) is 5.35. The minimum Gasteiger partial charge on any atom is -0.353 e. The number of ether oxygens (including phenoxy) is 2. The maximum absolute atomic E-state index is 5.79. The van der Waals surface area contributed by atoms with Gasteiger partial charge in [0.15, 0.2) is 6.29 Å². The second-order valence-corrected chi connectivity index (χ2v) is 4.51. The molecule has 13 heavy (non-hydrogen) atoms.